The highest BCUT2D eigenvalue weighted by Gasteiger charge is 2.14. The summed E-state index contributed by atoms with van der Waals surface area (Å²) in [6.45, 7) is 8.36. The average Bonchev–Trinajstić information content (AvgIpc) is 2.31. The molecule has 0 saturated heterocycles. The van der Waals surface area contributed by atoms with Gasteiger partial charge in [-0.25, -0.2) is 0 Å². The Labute approximate surface area is 79.6 Å². The lowest BCUT2D eigenvalue weighted by Crippen LogP contribution is -2.35. The summed E-state index contributed by atoms with van der Waals surface area (Å²) in [7, 11) is 0. The second kappa shape index (κ2) is 3.50. The quantitative estimate of drug-likeness (QED) is 0.547. The molecule has 0 spiro atoms. The Balaban J connectivity index is 2.70. The van der Waals surface area contributed by atoms with Gasteiger partial charge in [-0.15, -0.1) is 0 Å². The van der Waals surface area contributed by atoms with Crippen LogP contribution in [0.4, 0.5) is 0 Å². The monoisotopic (exact) mass is 182 g/mol. The smallest absolute Gasteiger partial charge is 0.204 e. The fourth-order valence-electron chi connectivity index (χ4n) is 1.16. The molecule has 3 nitrogen and oxygen atoms in total. The highest BCUT2D eigenvalue weighted by molar-refractivity contribution is 4.72. The van der Waals surface area contributed by atoms with Gasteiger partial charge in [-0.3, -0.25) is 0 Å². The first-order valence-corrected chi connectivity index (χ1v) is 4.60. The molecule has 13 heavy (non-hydrogen) atoms. The Hall–Kier alpha value is -0.830. The zero-order valence-corrected chi connectivity index (χ0v) is 8.78. The van der Waals surface area contributed by atoms with Gasteiger partial charge >= 0.3 is 0 Å². The van der Waals surface area contributed by atoms with Crippen molar-refractivity contribution < 1.29 is 9.67 Å². The van der Waals surface area contributed by atoms with Gasteiger partial charge in [0.05, 0.1) is 18.2 Å². The van der Waals surface area contributed by atoms with Gasteiger partial charge in [-0.2, -0.15) is 0 Å². The molecule has 0 bridgehead atoms. The SMILES string of the molecule is CC(C)[n+]1[c-]n(CC(C)(C)O)cc1. The number of aromatic nitrogens is 2. The van der Waals surface area contributed by atoms with Gasteiger partial charge in [0.25, 0.3) is 0 Å². The number of nitrogens with zero attached hydrogens (tertiary/aromatic N) is 2. The van der Waals surface area contributed by atoms with E-state index in [1.54, 1.807) is 13.8 Å². The van der Waals surface area contributed by atoms with E-state index in [2.05, 4.69) is 20.2 Å². The van der Waals surface area contributed by atoms with Crippen LogP contribution >= 0.6 is 0 Å². The van der Waals surface area contributed by atoms with Crippen LogP contribution in [0, 0.1) is 6.33 Å². The molecule has 0 aliphatic carbocycles. The minimum Gasteiger partial charge on any atom is -0.386 e. The first-order chi connectivity index (χ1) is 5.88. The minimum absolute atomic E-state index is 0.419. The highest BCUT2D eigenvalue weighted by atomic mass is 16.3. The molecular weight excluding hydrogens is 164 g/mol. The zero-order chi connectivity index (χ0) is 10.1. The third-order valence-corrected chi connectivity index (χ3v) is 1.76. The van der Waals surface area contributed by atoms with E-state index < -0.39 is 5.60 Å². The van der Waals surface area contributed by atoms with Crippen molar-refractivity contribution in [3.8, 4) is 0 Å². The van der Waals surface area contributed by atoms with Crippen molar-refractivity contribution in [3.63, 3.8) is 0 Å². The van der Waals surface area contributed by atoms with Crippen molar-refractivity contribution in [1.29, 1.82) is 0 Å². The molecule has 0 radical (unpaired) electrons. The maximum atomic E-state index is 9.57. The highest BCUT2D eigenvalue weighted by Crippen LogP contribution is 2.04. The van der Waals surface area contributed by atoms with Gasteiger partial charge in [0.15, 0.2) is 0 Å². The molecule has 0 aliphatic heterocycles. The second-order valence-electron chi connectivity index (χ2n) is 4.34. The van der Waals surface area contributed by atoms with Crippen LogP contribution in [-0.2, 0) is 6.54 Å². The summed E-state index contributed by atoms with van der Waals surface area (Å²) in [4.78, 5) is 0. The predicted molar refractivity (Wildman–Crippen MR) is 50.1 cm³/mol. The molecule has 74 valence electrons. The Bertz CT molecular complexity index is 271. The van der Waals surface area contributed by atoms with Gasteiger partial charge in [0.2, 0.25) is 6.33 Å². The molecule has 0 aliphatic rings. The number of rotatable bonds is 3. The molecule has 0 saturated carbocycles. The first-order valence-electron chi connectivity index (χ1n) is 4.60. The predicted octanol–water partition coefficient (Wildman–Crippen LogP) is 0.928. The van der Waals surface area contributed by atoms with Crippen molar-refractivity contribution in [3.05, 3.63) is 18.7 Å². The maximum absolute atomic E-state index is 9.57. The zero-order valence-electron chi connectivity index (χ0n) is 8.78. The molecule has 0 amide bonds. The summed E-state index contributed by atoms with van der Waals surface area (Å²) in [5.41, 5.74) is -0.676. The summed E-state index contributed by atoms with van der Waals surface area (Å²) in [5, 5.41) is 9.57. The Morgan fingerprint density at radius 2 is 2.15 bits per heavy atom. The summed E-state index contributed by atoms with van der Waals surface area (Å²) in [6, 6.07) is 0.419. The van der Waals surface area contributed by atoms with Crippen LogP contribution in [0.3, 0.4) is 0 Å². The minimum atomic E-state index is -0.676. The molecule has 1 N–H and O–H groups in total. The first kappa shape index (κ1) is 10.3. The third-order valence-electron chi connectivity index (χ3n) is 1.76. The van der Waals surface area contributed by atoms with E-state index in [-0.39, 0.29) is 0 Å². The van der Waals surface area contributed by atoms with E-state index in [1.165, 1.54) is 0 Å². The molecule has 1 heterocycles. The molecule has 0 unspecified atom stereocenters. The van der Waals surface area contributed by atoms with Gasteiger partial charge < -0.3 is 14.2 Å². The summed E-state index contributed by atoms with van der Waals surface area (Å²) in [6.07, 6.45) is 7.04. The molecule has 1 aromatic heterocycles. The Kier molecular flexibility index (Phi) is 2.76. The molecule has 1 aromatic rings. The van der Waals surface area contributed by atoms with Gasteiger partial charge in [0, 0.05) is 0 Å². The summed E-state index contributed by atoms with van der Waals surface area (Å²) >= 11 is 0. The van der Waals surface area contributed by atoms with Crippen LogP contribution in [-0.4, -0.2) is 15.3 Å². The van der Waals surface area contributed by atoms with Gasteiger partial charge in [-0.1, -0.05) is 0 Å². The van der Waals surface area contributed by atoms with E-state index >= 15 is 0 Å². The van der Waals surface area contributed by atoms with Crippen molar-refractivity contribution in [2.24, 2.45) is 0 Å². The fourth-order valence-corrected chi connectivity index (χ4v) is 1.16. The van der Waals surface area contributed by atoms with E-state index in [0.717, 1.165) is 0 Å². The Morgan fingerprint density at radius 3 is 2.54 bits per heavy atom. The number of hydrogen-bond donors (Lipinski definition) is 1. The summed E-state index contributed by atoms with van der Waals surface area (Å²) in [5.74, 6) is 0. The molecule has 1 rings (SSSR count). The fraction of sp³-hybridized carbons (Fsp3) is 0.700. The van der Waals surface area contributed by atoms with Crippen molar-refractivity contribution in [2.45, 2.75) is 45.9 Å². The Morgan fingerprint density at radius 1 is 1.54 bits per heavy atom. The largest absolute Gasteiger partial charge is 0.386 e. The van der Waals surface area contributed by atoms with Crippen LogP contribution in [0.15, 0.2) is 12.4 Å². The summed E-state index contributed by atoms with van der Waals surface area (Å²) < 4.78 is 3.87. The number of aliphatic hydroxyl groups is 1. The van der Waals surface area contributed by atoms with Crippen LogP contribution in [0.2, 0.25) is 0 Å². The molecule has 3 heteroatoms. The third kappa shape index (κ3) is 3.19. The topological polar surface area (TPSA) is 29.0 Å². The van der Waals surface area contributed by atoms with Crippen molar-refractivity contribution in [2.75, 3.05) is 0 Å². The molecule has 0 fully saturated rings. The second-order valence-corrected chi connectivity index (χ2v) is 4.34. The maximum Gasteiger partial charge on any atom is 0.204 e. The van der Waals surface area contributed by atoms with Crippen molar-refractivity contribution in [1.82, 2.24) is 4.57 Å². The number of hydrogen-bond acceptors (Lipinski definition) is 1. The van der Waals surface area contributed by atoms with Crippen LogP contribution in [0.5, 0.6) is 0 Å². The van der Waals surface area contributed by atoms with E-state index in [0.29, 0.717) is 12.6 Å². The van der Waals surface area contributed by atoms with Gasteiger partial charge in [-0.05, 0) is 40.1 Å². The normalized spacial score (nSPS) is 12.5. The molecule has 0 aromatic carbocycles. The number of imidazole rings is 1. The molecular formula is C10H18N2O. The lowest BCUT2D eigenvalue weighted by molar-refractivity contribution is -0.719. The average molecular weight is 182 g/mol. The molecule has 0 atom stereocenters. The lowest BCUT2D eigenvalue weighted by Gasteiger charge is -2.15. The van der Waals surface area contributed by atoms with Crippen molar-refractivity contribution >= 4 is 0 Å². The van der Waals surface area contributed by atoms with Crippen LogP contribution in [0.1, 0.15) is 33.7 Å². The van der Waals surface area contributed by atoms with E-state index in [1.807, 2.05) is 21.5 Å². The van der Waals surface area contributed by atoms with Gasteiger partial charge in [0.1, 0.15) is 0 Å². The lowest BCUT2D eigenvalue weighted by atomic mass is 10.1. The van der Waals surface area contributed by atoms with Crippen LogP contribution in [0.25, 0.3) is 0 Å². The standard InChI is InChI=1S/C10H18N2O/c1-9(2)12-6-5-11(8-12)7-10(3,4)13/h5-6,9,13H,7H2,1-4H3. The van der Waals surface area contributed by atoms with E-state index in [9.17, 15) is 5.11 Å². The van der Waals surface area contributed by atoms with E-state index in [4.69, 9.17) is 0 Å². The van der Waals surface area contributed by atoms with Crippen LogP contribution < -0.4 is 4.57 Å².